The Morgan fingerprint density at radius 2 is 1.94 bits per heavy atom. The number of carbonyl (C=O) groups excluding carboxylic acids is 1. The van der Waals surface area contributed by atoms with Crippen molar-refractivity contribution in [2.24, 2.45) is 0 Å². The highest BCUT2D eigenvalue weighted by Crippen LogP contribution is 2.17. The van der Waals surface area contributed by atoms with E-state index >= 15 is 0 Å². The predicted octanol–water partition coefficient (Wildman–Crippen LogP) is 1.15. The van der Waals surface area contributed by atoms with E-state index in [9.17, 15) is 4.79 Å². The Morgan fingerprint density at radius 3 is 2.53 bits per heavy atom. The molecular formula is C13H24N2O2. The van der Waals surface area contributed by atoms with Crippen molar-refractivity contribution in [2.75, 3.05) is 19.7 Å². The number of likely N-dealkylation sites (tertiary alicyclic amines) is 1. The number of carbonyl (C=O) groups is 1. The number of rotatable bonds is 2. The van der Waals surface area contributed by atoms with E-state index in [0.29, 0.717) is 18.2 Å². The second-order valence-electron chi connectivity index (χ2n) is 5.35. The maximum absolute atomic E-state index is 11.2. The third-order valence-electron chi connectivity index (χ3n) is 3.90. The van der Waals surface area contributed by atoms with Gasteiger partial charge in [0.05, 0.1) is 6.10 Å². The molecule has 2 unspecified atom stereocenters. The molecule has 0 aliphatic carbocycles. The van der Waals surface area contributed by atoms with E-state index in [1.807, 2.05) is 4.90 Å². The lowest BCUT2D eigenvalue weighted by molar-refractivity contribution is -0.129. The zero-order valence-electron chi connectivity index (χ0n) is 10.9. The van der Waals surface area contributed by atoms with Gasteiger partial charge in [-0.25, -0.2) is 0 Å². The van der Waals surface area contributed by atoms with Gasteiger partial charge in [-0.2, -0.15) is 0 Å². The van der Waals surface area contributed by atoms with Gasteiger partial charge in [-0.15, -0.1) is 0 Å². The van der Waals surface area contributed by atoms with E-state index in [1.165, 1.54) is 0 Å². The van der Waals surface area contributed by atoms with Gasteiger partial charge in [0.1, 0.15) is 0 Å². The minimum atomic E-state index is 0.211. The predicted molar refractivity (Wildman–Crippen MR) is 66.8 cm³/mol. The van der Waals surface area contributed by atoms with Crippen LogP contribution >= 0.6 is 0 Å². The average Bonchev–Trinajstić information content (AvgIpc) is 2.29. The number of nitrogens with zero attached hydrogens (tertiary/aromatic N) is 1. The molecule has 17 heavy (non-hydrogen) atoms. The highest BCUT2D eigenvalue weighted by molar-refractivity contribution is 5.73. The molecule has 2 aliphatic rings. The van der Waals surface area contributed by atoms with Gasteiger partial charge in [-0.05, 0) is 32.6 Å². The van der Waals surface area contributed by atoms with Gasteiger partial charge in [-0.1, -0.05) is 0 Å². The maximum atomic E-state index is 11.2. The summed E-state index contributed by atoms with van der Waals surface area (Å²) in [6.45, 7) is 6.50. The van der Waals surface area contributed by atoms with Crippen molar-refractivity contribution in [3.05, 3.63) is 0 Å². The van der Waals surface area contributed by atoms with Crippen LogP contribution in [0.25, 0.3) is 0 Å². The Labute approximate surface area is 104 Å². The molecule has 2 atom stereocenters. The second-order valence-corrected chi connectivity index (χ2v) is 5.35. The summed E-state index contributed by atoms with van der Waals surface area (Å²) in [6, 6.07) is 1.19. The summed E-state index contributed by atoms with van der Waals surface area (Å²) >= 11 is 0. The van der Waals surface area contributed by atoms with Crippen LogP contribution in [-0.2, 0) is 9.53 Å². The Kier molecular flexibility index (Phi) is 4.40. The van der Waals surface area contributed by atoms with Crippen molar-refractivity contribution in [1.82, 2.24) is 10.2 Å². The number of hydrogen-bond donors (Lipinski definition) is 1. The van der Waals surface area contributed by atoms with E-state index in [4.69, 9.17) is 4.74 Å². The van der Waals surface area contributed by atoms with Crippen molar-refractivity contribution in [3.8, 4) is 0 Å². The van der Waals surface area contributed by atoms with Gasteiger partial charge in [-0.3, -0.25) is 4.79 Å². The maximum Gasteiger partial charge on any atom is 0.219 e. The molecule has 0 bridgehead atoms. The van der Waals surface area contributed by atoms with Crippen LogP contribution in [0.1, 0.15) is 39.5 Å². The quantitative estimate of drug-likeness (QED) is 0.787. The van der Waals surface area contributed by atoms with Crippen molar-refractivity contribution in [1.29, 1.82) is 0 Å². The Hall–Kier alpha value is -0.610. The fourth-order valence-corrected chi connectivity index (χ4v) is 2.84. The van der Waals surface area contributed by atoms with Gasteiger partial charge in [0.2, 0.25) is 5.91 Å². The van der Waals surface area contributed by atoms with E-state index < -0.39 is 0 Å². The van der Waals surface area contributed by atoms with Crippen LogP contribution < -0.4 is 5.32 Å². The molecule has 0 radical (unpaired) electrons. The summed E-state index contributed by atoms with van der Waals surface area (Å²) in [5, 5.41) is 3.73. The first kappa shape index (κ1) is 12.8. The molecule has 4 heteroatoms. The lowest BCUT2D eigenvalue weighted by Gasteiger charge is -2.36. The molecule has 1 amide bonds. The molecular weight excluding hydrogens is 216 g/mol. The van der Waals surface area contributed by atoms with Crippen molar-refractivity contribution < 1.29 is 9.53 Å². The second kappa shape index (κ2) is 5.83. The molecule has 4 nitrogen and oxygen atoms in total. The summed E-state index contributed by atoms with van der Waals surface area (Å²) in [5.74, 6) is 0.211. The van der Waals surface area contributed by atoms with E-state index in [0.717, 1.165) is 45.4 Å². The van der Waals surface area contributed by atoms with Crippen molar-refractivity contribution in [2.45, 2.75) is 57.7 Å². The van der Waals surface area contributed by atoms with Crippen LogP contribution in [0.15, 0.2) is 0 Å². The third-order valence-corrected chi connectivity index (χ3v) is 3.90. The molecule has 0 aromatic heterocycles. The van der Waals surface area contributed by atoms with Gasteiger partial charge in [0.15, 0.2) is 0 Å². The van der Waals surface area contributed by atoms with Crippen molar-refractivity contribution in [3.63, 3.8) is 0 Å². The molecule has 2 saturated heterocycles. The number of nitrogens with one attached hydrogen (secondary N) is 1. The first-order valence-corrected chi connectivity index (χ1v) is 6.78. The Morgan fingerprint density at radius 1 is 1.24 bits per heavy atom. The van der Waals surface area contributed by atoms with E-state index in [2.05, 4.69) is 12.2 Å². The van der Waals surface area contributed by atoms with Gasteiger partial charge >= 0.3 is 0 Å². The highest BCUT2D eigenvalue weighted by Gasteiger charge is 2.25. The number of piperidine rings is 1. The van der Waals surface area contributed by atoms with Crippen LogP contribution in [0.4, 0.5) is 0 Å². The first-order chi connectivity index (χ1) is 8.15. The average molecular weight is 240 g/mol. The Bertz CT molecular complexity index is 262. The van der Waals surface area contributed by atoms with Gasteiger partial charge < -0.3 is 15.0 Å². The topological polar surface area (TPSA) is 41.6 Å². The molecule has 2 fully saturated rings. The molecule has 98 valence electrons. The van der Waals surface area contributed by atoms with E-state index in [1.54, 1.807) is 6.92 Å². The number of hydrogen-bond acceptors (Lipinski definition) is 3. The molecule has 0 spiro atoms. The van der Waals surface area contributed by atoms with Crippen LogP contribution in [-0.4, -0.2) is 48.7 Å². The lowest BCUT2D eigenvalue weighted by atomic mass is 9.99. The van der Waals surface area contributed by atoms with Gasteiger partial charge in [0.25, 0.3) is 0 Å². The molecule has 2 aliphatic heterocycles. The zero-order chi connectivity index (χ0) is 12.3. The van der Waals surface area contributed by atoms with Crippen LogP contribution in [0.3, 0.4) is 0 Å². The first-order valence-electron chi connectivity index (χ1n) is 6.78. The van der Waals surface area contributed by atoms with Crippen LogP contribution in [0, 0.1) is 0 Å². The summed E-state index contributed by atoms with van der Waals surface area (Å²) in [4.78, 5) is 13.2. The van der Waals surface area contributed by atoms with Crippen LogP contribution in [0.5, 0.6) is 0 Å². The summed E-state index contributed by atoms with van der Waals surface area (Å²) in [7, 11) is 0. The highest BCUT2D eigenvalue weighted by atomic mass is 16.5. The molecule has 0 aromatic carbocycles. The fourth-order valence-electron chi connectivity index (χ4n) is 2.84. The molecule has 0 aromatic rings. The summed E-state index contributed by atoms with van der Waals surface area (Å²) in [6.07, 6.45) is 4.81. The SMILES string of the molecule is CC(=O)N1CCC(NC2CCOC(C)C2)CC1. The number of amides is 1. The minimum Gasteiger partial charge on any atom is -0.378 e. The fraction of sp³-hybridized carbons (Fsp3) is 0.923. The molecule has 2 heterocycles. The van der Waals surface area contributed by atoms with E-state index in [-0.39, 0.29) is 5.91 Å². The third kappa shape index (κ3) is 3.68. The molecule has 1 N–H and O–H groups in total. The Balaban J connectivity index is 1.72. The standard InChI is InChI=1S/C13H24N2O2/c1-10-9-13(5-8-17-10)14-12-3-6-15(7-4-12)11(2)16/h10,12-14H,3-9H2,1-2H3. The zero-order valence-corrected chi connectivity index (χ0v) is 10.9. The normalized spacial score (nSPS) is 31.5. The van der Waals surface area contributed by atoms with Gasteiger partial charge in [0, 0.05) is 38.7 Å². The summed E-state index contributed by atoms with van der Waals surface area (Å²) < 4.78 is 5.55. The minimum absolute atomic E-state index is 0.211. The van der Waals surface area contributed by atoms with Crippen LogP contribution in [0.2, 0.25) is 0 Å². The number of ether oxygens (including phenoxy) is 1. The molecule has 2 rings (SSSR count). The lowest BCUT2D eigenvalue weighted by Crippen LogP contribution is -2.49. The molecule has 0 saturated carbocycles. The smallest absolute Gasteiger partial charge is 0.219 e. The summed E-state index contributed by atoms with van der Waals surface area (Å²) in [5.41, 5.74) is 0. The van der Waals surface area contributed by atoms with Crippen molar-refractivity contribution >= 4 is 5.91 Å². The monoisotopic (exact) mass is 240 g/mol. The largest absolute Gasteiger partial charge is 0.378 e.